The summed E-state index contributed by atoms with van der Waals surface area (Å²) >= 11 is 7.78. The van der Waals surface area contributed by atoms with Crippen molar-refractivity contribution in [3.05, 3.63) is 23.2 Å². The minimum atomic E-state index is 0.849. The Hall–Kier alpha value is -0.380. The summed E-state index contributed by atoms with van der Waals surface area (Å²) in [6, 6.07) is 6.27. The third-order valence-corrected chi connectivity index (χ3v) is 3.84. The first-order chi connectivity index (χ1) is 7.31. The van der Waals surface area contributed by atoms with Crippen molar-refractivity contribution in [1.82, 2.24) is 5.32 Å². The Labute approximate surface area is 100.0 Å². The van der Waals surface area contributed by atoms with Gasteiger partial charge in [0.1, 0.15) is 0 Å². The molecular weight excluding hydrogens is 228 g/mol. The Kier molecular flexibility index (Phi) is 3.78. The minimum Gasteiger partial charge on any atom is -0.369 e. The van der Waals surface area contributed by atoms with Crippen LogP contribution in [0.2, 0.25) is 5.02 Å². The van der Waals surface area contributed by atoms with Crippen LogP contribution < -0.4 is 10.2 Å². The molecule has 0 aromatic heterocycles. The zero-order valence-corrected chi connectivity index (χ0v) is 10.4. The summed E-state index contributed by atoms with van der Waals surface area (Å²) in [5.41, 5.74) is 1.28. The van der Waals surface area contributed by atoms with Crippen LogP contribution in [-0.4, -0.2) is 32.4 Å². The molecule has 1 aromatic rings. The molecule has 15 heavy (non-hydrogen) atoms. The third kappa shape index (κ3) is 2.60. The number of benzene rings is 1. The number of piperazine rings is 1. The third-order valence-electron chi connectivity index (χ3n) is 2.62. The monoisotopic (exact) mass is 242 g/mol. The molecule has 0 bridgehead atoms. The van der Waals surface area contributed by atoms with Crippen molar-refractivity contribution in [2.45, 2.75) is 4.90 Å². The standard InChI is InChI=1S/C11H15ClN2S/c1-15-11-8-9(2-3-10(11)12)14-6-4-13-5-7-14/h2-3,8,13H,4-7H2,1H3. The summed E-state index contributed by atoms with van der Waals surface area (Å²) < 4.78 is 0. The Morgan fingerprint density at radius 2 is 2.07 bits per heavy atom. The van der Waals surface area contributed by atoms with Crippen LogP contribution in [0.1, 0.15) is 0 Å². The molecule has 1 saturated heterocycles. The van der Waals surface area contributed by atoms with Crippen molar-refractivity contribution >= 4 is 29.1 Å². The van der Waals surface area contributed by atoms with Crippen molar-refractivity contribution in [1.29, 1.82) is 0 Å². The van der Waals surface area contributed by atoms with E-state index in [9.17, 15) is 0 Å². The quantitative estimate of drug-likeness (QED) is 0.803. The zero-order valence-electron chi connectivity index (χ0n) is 8.79. The van der Waals surface area contributed by atoms with Crippen LogP contribution in [0.3, 0.4) is 0 Å². The molecule has 0 spiro atoms. The smallest absolute Gasteiger partial charge is 0.0543 e. The van der Waals surface area contributed by atoms with E-state index < -0.39 is 0 Å². The Bertz CT molecular complexity index is 337. The molecule has 1 aliphatic rings. The van der Waals surface area contributed by atoms with E-state index in [2.05, 4.69) is 28.6 Å². The Morgan fingerprint density at radius 1 is 1.33 bits per heavy atom. The second-order valence-electron chi connectivity index (χ2n) is 3.56. The maximum absolute atomic E-state index is 6.08. The van der Waals surface area contributed by atoms with Gasteiger partial charge < -0.3 is 10.2 Å². The molecule has 0 amide bonds. The first-order valence-corrected chi connectivity index (χ1v) is 6.71. The summed E-state index contributed by atoms with van der Waals surface area (Å²) in [4.78, 5) is 3.56. The van der Waals surface area contributed by atoms with Gasteiger partial charge in [0.2, 0.25) is 0 Å². The lowest BCUT2D eigenvalue weighted by atomic mass is 10.2. The van der Waals surface area contributed by atoms with Crippen LogP contribution >= 0.6 is 23.4 Å². The Morgan fingerprint density at radius 3 is 2.73 bits per heavy atom. The number of rotatable bonds is 2. The van der Waals surface area contributed by atoms with E-state index in [0.29, 0.717) is 0 Å². The molecule has 82 valence electrons. The highest BCUT2D eigenvalue weighted by Gasteiger charge is 2.11. The lowest BCUT2D eigenvalue weighted by molar-refractivity contribution is 0.589. The molecule has 1 heterocycles. The molecule has 0 aliphatic carbocycles. The van der Waals surface area contributed by atoms with Gasteiger partial charge in [-0.1, -0.05) is 11.6 Å². The van der Waals surface area contributed by atoms with E-state index >= 15 is 0 Å². The number of hydrogen-bond acceptors (Lipinski definition) is 3. The van der Waals surface area contributed by atoms with Gasteiger partial charge in [0.25, 0.3) is 0 Å². The van der Waals surface area contributed by atoms with E-state index in [1.54, 1.807) is 11.8 Å². The lowest BCUT2D eigenvalue weighted by Crippen LogP contribution is -2.43. The fraction of sp³-hybridized carbons (Fsp3) is 0.455. The van der Waals surface area contributed by atoms with Crippen LogP contribution in [0, 0.1) is 0 Å². The fourth-order valence-corrected chi connectivity index (χ4v) is 2.62. The molecular formula is C11H15ClN2S. The van der Waals surface area contributed by atoms with Crippen LogP contribution in [0.4, 0.5) is 5.69 Å². The predicted molar refractivity (Wildman–Crippen MR) is 68.3 cm³/mol. The summed E-state index contributed by atoms with van der Waals surface area (Å²) in [5.74, 6) is 0. The average molecular weight is 243 g/mol. The van der Waals surface area contributed by atoms with Crippen molar-refractivity contribution in [2.75, 3.05) is 37.3 Å². The van der Waals surface area contributed by atoms with Crippen LogP contribution in [0.25, 0.3) is 0 Å². The van der Waals surface area contributed by atoms with Crippen molar-refractivity contribution in [2.24, 2.45) is 0 Å². The Balaban J connectivity index is 2.20. The first kappa shape index (κ1) is 11.1. The highest BCUT2D eigenvalue weighted by molar-refractivity contribution is 7.98. The lowest BCUT2D eigenvalue weighted by Gasteiger charge is -2.29. The van der Waals surface area contributed by atoms with Gasteiger partial charge in [-0.2, -0.15) is 0 Å². The van der Waals surface area contributed by atoms with Gasteiger partial charge in [-0.05, 0) is 24.5 Å². The number of thioether (sulfide) groups is 1. The second kappa shape index (κ2) is 5.10. The van der Waals surface area contributed by atoms with Gasteiger partial charge >= 0.3 is 0 Å². The van der Waals surface area contributed by atoms with Crippen molar-refractivity contribution in [3.8, 4) is 0 Å². The molecule has 1 aliphatic heterocycles. The zero-order chi connectivity index (χ0) is 10.7. The molecule has 2 rings (SSSR count). The summed E-state index contributed by atoms with van der Waals surface area (Å²) in [6.45, 7) is 4.29. The maximum atomic E-state index is 6.08. The first-order valence-electron chi connectivity index (χ1n) is 5.10. The van der Waals surface area contributed by atoms with Gasteiger partial charge in [0.15, 0.2) is 0 Å². The van der Waals surface area contributed by atoms with Crippen LogP contribution in [0.15, 0.2) is 23.1 Å². The number of anilines is 1. The largest absolute Gasteiger partial charge is 0.369 e. The number of nitrogens with zero attached hydrogens (tertiary/aromatic N) is 1. The number of hydrogen-bond donors (Lipinski definition) is 1. The normalized spacial score (nSPS) is 16.8. The van der Waals surface area contributed by atoms with Gasteiger partial charge in [-0.3, -0.25) is 0 Å². The molecule has 1 fully saturated rings. The highest BCUT2D eigenvalue weighted by Crippen LogP contribution is 2.29. The topological polar surface area (TPSA) is 15.3 Å². The molecule has 0 saturated carbocycles. The van der Waals surface area contributed by atoms with Gasteiger partial charge in [-0.15, -0.1) is 11.8 Å². The van der Waals surface area contributed by atoms with E-state index in [1.807, 2.05) is 6.07 Å². The van der Waals surface area contributed by atoms with Gasteiger partial charge in [0.05, 0.1) is 5.02 Å². The van der Waals surface area contributed by atoms with Crippen molar-refractivity contribution in [3.63, 3.8) is 0 Å². The molecule has 2 nitrogen and oxygen atoms in total. The van der Waals surface area contributed by atoms with E-state index in [4.69, 9.17) is 11.6 Å². The molecule has 0 radical (unpaired) electrons. The van der Waals surface area contributed by atoms with Gasteiger partial charge in [-0.25, -0.2) is 0 Å². The second-order valence-corrected chi connectivity index (χ2v) is 4.81. The summed E-state index contributed by atoms with van der Waals surface area (Å²) in [7, 11) is 0. The summed E-state index contributed by atoms with van der Waals surface area (Å²) in [6.07, 6.45) is 2.06. The number of nitrogens with one attached hydrogen (secondary N) is 1. The fourth-order valence-electron chi connectivity index (χ4n) is 1.77. The maximum Gasteiger partial charge on any atom is 0.0543 e. The predicted octanol–water partition coefficient (Wildman–Crippen LogP) is 2.47. The van der Waals surface area contributed by atoms with Gasteiger partial charge in [0, 0.05) is 36.8 Å². The molecule has 4 heteroatoms. The molecule has 0 atom stereocenters. The summed E-state index contributed by atoms with van der Waals surface area (Å²) in [5, 5.41) is 4.20. The van der Waals surface area contributed by atoms with E-state index in [0.717, 1.165) is 36.1 Å². The average Bonchev–Trinajstić information content (AvgIpc) is 2.31. The SMILES string of the molecule is CSc1cc(N2CCNCC2)ccc1Cl. The molecule has 0 unspecified atom stereocenters. The van der Waals surface area contributed by atoms with Crippen molar-refractivity contribution < 1.29 is 0 Å². The van der Waals surface area contributed by atoms with E-state index in [1.165, 1.54) is 5.69 Å². The molecule has 1 aromatic carbocycles. The van der Waals surface area contributed by atoms with Crippen LogP contribution in [0.5, 0.6) is 0 Å². The minimum absolute atomic E-state index is 0.849. The number of halogens is 1. The molecule has 1 N–H and O–H groups in total. The van der Waals surface area contributed by atoms with Crippen LogP contribution in [-0.2, 0) is 0 Å². The highest BCUT2D eigenvalue weighted by atomic mass is 35.5. The van der Waals surface area contributed by atoms with E-state index in [-0.39, 0.29) is 0 Å².